The molecule has 1 aliphatic carbocycles. The fourth-order valence-corrected chi connectivity index (χ4v) is 2.46. The Balaban J connectivity index is 1.82. The van der Waals surface area contributed by atoms with Crippen LogP contribution in [0.3, 0.4) is 0 Å². The maximum absolute atomic E-state index is 12.1. The largest absolute Gasteiger partial charge is 0.383 e. The number of aryl methyl sites for hydroxylation is 2. The van der Waals surface area contributed by atoms with Crippen molar-refractivity contribution in [3.05, 3.63) is 53.2 Å². The lowest BCUT2D eigenvalue weighted by atomic mass is 10.1. The molecule has 3 rings (SSSR count). The summed E-state index contributed by atoms with van der Waals surface area (Å²) in [6.45, 7) is 0. The Hall–Kier alpha value is -2.36. The minimum absolute atomic E-state index is 0.219. The molecule has 96 valence electrons. The topological polar surface area (TPSA) is 68.0 Å². The van der Waals surface area contributed by atoms with E-state index in [0.29, 0.717) is 5.56 Å². The molecule has 1 amide bonds. The highest BCUT2D eigenvalue weighted by Gasteiger charge is 2.13. The Bertz CT molecular complexity index is 637. The molecule has 19 heavy (non-hydrogen) atoms. The van der Waals surface area contributed by atoms with Gasteiger partial charge in [-0.1, -0.05) is 6.07 Å². The highest BCUT2D eigenvalue weighted by molar-refractivity contribution is 6.07. The molecular weight excluding hydrogens is 238 g/mol. The molecule has 0 radical (unpaired) electrons. The summed E-state index contributed by atoms with van der Waals surface area (Å²) in [6.07, 6.45) is 5.00. The molecule has 1 aliphatic rings. The zero-order valence-corrected chi connectivity index (χ0v) is 10.5. The first-order valence-corrected chi connectivity index (χ1v) is 6.38. The van der Waals surface area contributed by atoms with Crippen LogP contribution in [0.4, 0.5) is 11.5 Å². The fourth-order valence-electron chi connectivity index (χ4n) is 2.46. The molecule has 2 aromatic rings. The monoisotopic (exact) mass is 253 g/mol. The molecule has 1 aromatic carbocycles. The Morgan fingerprint density at radius 3 is 2.89 bits per heavy atom. The number of nitrogen functional groups attached to an aromatic ring is 1. The van der Waals surface area contributed by atoms with Crippen molar-refractivity contribution in [2.45, 2.75) is 19.3 Å². The number of aromatic nitrogens is 1. The summed E-state index contributed by atoms with van der Waals surface area (Å²) in [5, 5.41) is 2.87. The number of pyridine rings is 1. The number of fused-ring (bicyclic) bond motifs is 1. The van der Waals surface area contributed by atoms with E-state index in [-0.39, 0.29) is 11.7 Å². The summed E-state index contributed by atoms with van der Waals surface area (Å²) in [4.78, 5) is 16.0. The molecule has 3 N–H and O–H groups in total. The van der Waals surface area contributed by atoms with Crippen LogP contribution in [0.2, 0.25) is 0 Å². The van der Waals surface area contributed by atoms with Crippen molar-refractivity contribution in [3.8, 4) is 0 Å². The van der Waals surface area contributed by atoms with Gasteiger partial charge in [-0.2, -0.15) is 0 Å². The van der Waals surface area contributed by atoms with Crippen molar-refractivity contribution in [2.24, 2.45) is 0 Å². The molecule has 0 saturated heterocycles. The van der Waals surface area contributed by atoms with Gasteiger partial charge in [0, 0.05) is 11.9 Å². The second kappa shape index (κ2) is 4.72. The van der Waals surface area contributed by atoms with Crippen LogP contribution < -0.4 is 11.1 Å². The normalized spacial score (nSPS) is 13.1. The highest BCUT2D eigenvalue weighted by atomic mass is 16.1. The number of amides is 1. The van der Waals surface area contributed by atoms with Gasteiger partial charge >= 0.3 is 0 Å². The van der Waals surface area contributed by atoms with Crippen LogP contribution in [-0.4, -0.2) is 10.9 Å². The summed E-state index contributed by atoms with van der Waals surface area (Å²) in [6, 6.07) is 9.45. The molecule has 0 unspecified atom stereocenters. The molecule has 0 aliphatic heterocycles. The predicted molar refractivity (Wildman–Crippen MR) is 75.1 cm³/mol. The summed E-state index contributed by atoms with van der Waals surface area (Å²) >= 11 is 0. The molecule has 1 heterocycles. The van der Waals surface area contributed by atoms with Gasteiger partial charge < -0.3 is 11.1 Å². The predicted octanol–water partition coefficient (Wildman–Crippen LogP) is 2.40. The number of anilines is 2. The standard InChI is InChI=1S/C15H15N3O/c16-14-13(5-2-8-17-14)15(19)18-12-7-6-10-3-1-4-11(10)9-12/h2,5-9H,1,3-4H2,(H2,16,17)(H,18,19). The lowest BCUT2D eigenvalue weighted by Crippen LogP contribution is -2.14. The number of carbonyl (C=O) groups is 1. The third kappa shape index (κ3) is 2.29. The first kappa shape index (κ1) is 11.7. The molecule has 1 aromatic heterocycles. The van der Waals surface area contributed by atoms with E-state index in [9.17, 15) is 4.79 Å². The average molecular weight is 253 g/mol. The third-order valence-electron chi connectivity index (χ3n) is 3.44. The Kier molecular flexibility index (Phi) is 2.91. The van der Waals surface area contributed by atoms with E-state index in [4.69, 9.17) is 5.73 Å². The van der Waals surface area contributed by atoms with E-state index in [1.54, 1.807) is 18.3 Å². The molecular formula is C15H15N3O. The van der Waals surface area contributed by atoms with E-state index in [1.165, 1.54) is 17.5 Å². The molecule has 0 spiro atoms. The fraction of sp³-hybridized carbons (Fsp3) is 0.200. The maximum Gasteiger partial charge on any atom is 0.259 e. The number of hydrogen-bond donors (Lipinski definition) is 2. The van der Waals surface area contributed by atoms with Gasteiger partial charge in [-0.05, 0) is 54.7 Å². The Morgan fingerprint density at radius 2 is 2.05 bits per heavy atom. The average Bonchev–Trinajstić information content (AvgIpc) is 2.86. The van der Waals surface area contributed by atoms with Gasteiger partial charge in [0.2, 0.25) is 0 Å². The van der Waals surface area contributed by atoms with Crippen molar-refractivity contribution < 1.29 is 4.79 Å². The van der Waals surface area contributed by atoms with Crippen LogP contribution in [0.15, 0.2) is 36.5 Å². The molecule has 0 atom stereocenters. The van der Waals surface area contributed by atoms with Gasteiger partial charge in [0.1, 0.15) is 5.82 Å². The lowest BCUT2D eigenvalue weighted by molar-refractivity contribution is 0.102. The van der Waals surface area contributed by atoms with Crippen molar-refractivity contribution in [2.75, 3.05) is 11.1 Å². The lowest BCUT2D eigenvalue weighted by Gasteiger charge is -2.08. The molecule has 0 saturated carbocycles. The van der Waals surface area contributed by atoms with Crippen molar-refractivity contribution in [1.82, 2.24) is 4.98 Å². The smallest absolute Gasteiger partial charge is 0.259 e. The number of hydrogen-bond acceptors (Lipinski definition) is 3. The summed E-state index contributed by atoms with van der Waals surface area (Å²) < 4.78 is 0. The first-order valence-electron chi connectivity index (χ1n) is 6.38. The van der Waals surface area contributed by atoms with Crippen molar-refractivity contribution in [3.63, 3.8) is 0 Å². The van der Waals surface area contributed by atoms with Gasteiger partial charge in [0.05, 0.1) is 5.56 Å². The van der Waals surface area contributed by atoms with E-state index >= 15 is 0 Å². The quantitative estimate of drug-likeness (QED) is 0.863. The van der Waals surface area contributed by atoms with Gasteiger partial charge in [-0.3, -0.25) is 4.79 Å². The van der Waals surface area contributed by atoms with E-state index in [2.05, 4.69) is 16.4 Å². The summed E-state index contributed by atoms with van der Waals surface area (Å²) in [7, 11) is 0. The minimum atomic E-state index is -0.219. The Morgan fingerprint density at radius 1 is 1.21 bits per heavy atom. The molecule has 4 nitrogen and oxygen atoms in total. The summed E-state index contributed by atoms with van der Waals surface area (Å²) in [5.41, 5.74) is 9.63. The number of rotatable bonds is 2. The van der Waals surface area contributed by atoms with Crippen LogP contribution in [0.5, 0.6) is 0 Å². The maximum atomic E-state index is 12.1. The Labute approximate surface area is 111 Å². The van der Waals surface area contributed by atoms with Crippen LogP contribution in [0.25, 0.3) is 0 Å². The minimum Gasteiger partial charge on any atom is -0.383 e. The second-order valence-corrected chi connectivity index (χ2v) is 4.73. The van der Waals surface area contributed by atoms with E-state index in [1.807, 2.05) is 12.1 Å². The number of nitrogens with two attached hydrogens (primary N) is 1. The van der Waals surface area contributed by atoms with Crippen LogP contribution in [0, 0.1) is 0 Å². The zero-order chi connectivity index (χ0) is 13.2. The van der Waals surface area contributed by atoms with E-state index in [0.717, 1.165) is 18.5 Å². The molecule has 0 fully saturated rings. The number of nitrogens with one attached hydrogen (secondary N) is 1. The van der Waals surface area contributed by atoms with Gasteiger partial charge in [0.15, 0.2) is 0 Å². The van der Waals surface area contributed by atoms with Crippen LogP contribution in [0.1, 0.15) is 27.9 Å². The highest BCUT2D eigenvalue weighted by Crippen LogP contribution is 2.25. The third-order valence-corrected chi connectivity index (χ3v) is 3.44. The van der Waals surface area contributed by atoms with Crippen molar-refractivity contribution in [1.29, 1.82) is 0 Å². The second-order valence-electron chi connectivity index (χ2n) is 4.73. The van der Waals surface area contributed by atoms with Crippen LogP contribution in [-0.2, 0) is 12.8 Å². The van der Waals surface area contributed by atoms with Gasteiger partial charge in [0.25, 0.3) is 5.91 Å². The first-order chi connectivity index (χ1) is 9.24. The SMILES string of the molecule is Nc1ncccc1C(=O)Nc1ccc2c(c1)CCC2. The molecule has 0 bridgehead atoms. The number of carbonyl (C=O) groups excluding carboxylic acids is 1. The molecule has 4 heteroatoms. The number of nitrogens with zero attached hydrogens (tertiary/aromatic N) is 1. The van der Waals surface area contributed by atoms with Gasteiger partial charge in [-0.15, -0.1) is 0 Å². The van der Waals surface area contributed by atoms with E-state index < -0.39 is 0 Å². The summed E-state index contributed by atoms with van der Waals surface area (Å²) in [5.74, 6) is 0.0321. The number of benzene rings is 1. The zero-order valence-electron chi connectivity index (χ0n) is 10.5. The van der Waals surface area contributed by atoms with Crippen molar-refractivity contribution >= 4 is 17.4 Å². The van der Waals surface area contributed by atoms with Gasteiger partial charge in [-0.25, -0.2) is 4.98 Å². The van der Waals surface area contributed by atoms with Crippen LogP contribution >= 0.6 is 0 Å².